The Hall–Kier alpha value is -0.930. The third kappa shape index (κ3) is 1.25. The smallest absolute Gasteiger partial charge is 0.266 e. The molecule has 3 aliphatic rings. The topological polar surface area (TPSA) is 17.8 Å². The Morgan fingerprint density at radius 3 is 2.56 bits per heavy atom. The van der Waals surface area contributed by atoms with Crippen molar-refractivity contribution in [3.63, 3.8) is 0 Å². The summed E-state index contributed by atoms with van der Waals surface area (Å²) in [4.78, 5) is 0. The van der Waals surface area contributed by atoms with Gasteiger partial charge in [-0.3, -0.25) is 4.68 Å². The van der Waals surface area contributed by atoms with E-state index in [4.69, 9.17) is 0 Å². The second kappa shape index (κ2) is 3.28. The average molecular weight is 226 g/mol. The van der Waals surface area contributed by atoms with Crippen LogP contribution in [-0.4, -0.2) is 9.78 Å². The molecule has 4 heteroatoms. The molecule has 0 amide bonds. The molecule has 2 bridgehead atoms. The van der Waals surface area contributed by atoms with Gasteiger partial charge in [-0.25, -0.2) is 8.78 Å². The van der Waals surface area contributed by atoms with Crippen LogP contribution in [0.4, 0.5) is 8.78 Å². The summed E-state index contributed by atoms with van der Waals surface area (Å²) in [6.45, 7) is 4.01. The van der Waals surface area contributed by atoms with Crippen LogP contribution >= 0.6 is 0 Å². The van der Waals surface area contributed by atoms with Crippen molar-refractivity contribution < 1.29 is 8.78 Å². The van der Waals surface area contributed by atoms with E-state index in [9.17, 15) is 8.78 Å². The molecule has 0 aliphatic heterocycles. The third-order valence-electron chi connectivity index (χ3n) is 3.89. The molecule has 0 saturated heterocycles. The molecule has 0 unspecified atom stereocenters. The van der Waals surface area contributed by atoms with Crippen molar-refractivity contribution in [1.29, 1.82) is 0 Å². The maximum Gasteiger partial charge on any atom is 0.282 e. The molecule has 1 aromatic heterocycles. The molecule has 1 fully saturated rings. The number of hydrogen-bond donors (Lipinski definition) is 0. The van der Waals surface area contributed by atoms with E-state index in [2.05, 4.69) is 5.10 Å². The Morgan fingerprint density at radius 1 is 1.31 bits per heavy atom. The fourth-order valence-electron chi connectivity index (χ4n) is 3.13. The highest BCUT2D eigenvalue weighted by Gasteiger charge is 2.42. The van der Waals surface area contributed by atoms with E-state index in [0.29, 0.717) is 11.8 Å². The summed E-state index contributed by atoms with van der Waals surface area (Å²) < 4.78 is 27.6. The van der Waals surface area contributed by atoms with Crippen LogP contribution in [0.15, 0.2) is 0 Å². The van der Waals surface area contributed by atoms with Crippen LogP contribution in [0.3, 0.4) is 0 Å². The Morgan fingerprint density at radius 2 is 2.00 bits per heavy atom. The summed E-state index contributed by atoms with van der Waals surface area (Å²) in [5.41, 5.74) is 2.00. The van der Waals surface area contributed by atoms with E-state index in [1.807, 2.05) is 18.5 Å². The molecule has 4 rings (SSSR count). The third-order valence-corrected chi connectivity index (χ3v) is 3.89. The van der Waals surface area contributed by atoms with Crippen LogP contribution in [-0.2, 0) is 6.42 Å². The standard InChI is InChI=1S/C12H16F2N2/c1-6(2)16-11-8-3-7(4-8)5-9(11)10(15-16)12(13)14/h6-8,12H,3-5H2,1-2H3. The van der Waals surface area contributed by atoms with Gasteiger partial charge in [0.2, 0.25) is 0 Å². The van der Waals surface area contributed by atoms with Gasteiger partial charge in [0.1, 0.15) is 5.69 Å². The lowest BCUT2D eigenvalue weighted by atomic mass is 9.64. The van der Waals surface area contributed by atoms with Crippen LogP contribution in [0, 0.1) is 5.92 Å². The van der Waals surface area contributed by atoms with Gasteiger partial charge < -0.3 is 0 Å². The van der Waals surface area contributed by atoms with Crippen molar-refractivity contribution >= 4 is 0 Å². The highest BCUT2D eigenvalue weighted by Crippen LogP contribution is 2.51. The average Bonchev–Trinajstić information content (AvgIpc) is 2.54. The number of halogens is 2. The monoisotopic (exact) mass is 226 g/mol. The van der Waals surface area contributed by atoms with Crippen LogP contribution in [0.5, 0.6) is 0 Å². The zero-order valence-electron chi connectivity index (χ0n) is 9.58. The molecular weight excluding hydrogens is 210 g/mol. The summed E-state index contributed by atoms with van der Waals surface area (Å²) in [6, 6.07) is 0.179. The molecule has 3 aliphatic carbocycles. The number of aromatic nitrogens is 2. The number of rotatable bonds is 2. The van der Waals surface area contributed by atoms with Crippen LogP contribution in [0.1, 0.15) is 62.0 Å². The zero-order chi connectivity index (χ0) is 11.4. The molecule has 88 valence electrons. The van der Waals surface area contributed by atoms with Crippen molar-refractivity contribution in [3.8, 4) is 0 Å². The SMILES string of the molecule is CC(C)n1nc(C(F)F)c2c1C1CC(C2)C1. The first-order valence-corrected chi connectivity index (χ1v) is 5.97. The molecule has 0 N–H and O–H groups in total. The van der Waals surface area contributed by atoms with Gasteiger partial charge in [-0.2, -0.15) is 5.10 Å². The highest BCUT2D eigenvalue weighted by atomic mass is 19.3. The van der Waals surface area contributed by atoms with Gasteiger partial charge in [0.15, 0.2) is 0 Å². The molecule has 0 spiro atoms. The minimum atomic E-state index is -2.42. The van der Waals surface area contributed by atoms with Crippen molar-refractivity contribution in [2.24, 2.45) is 5.92 Å². The van der Waals surface area contributed by atoms with E-state index < -0.39 is 6.43 Å². The summed E-state index contributed by atoms with van der Waals surface area (Å²) in [7, 11) is 0. The predicted molar refractivity (Wildman–Crippen MR) is 56.7 cm³/mol. The van der Waals surface area contributed by atoms with Crippen LogP contribution in [0.25, 0.3) is 0 Å². The normalized spacial score (nSPS) is 27.1. The minimum Gasteiger partial charge on any atom is -0.266 e. The molecule has 1 aromatic rings. The van der Waals surface area contributed by atoms with Crippen LogP contribution in [0.2, 0.25) is 0 Å². The summed E-state index contributed by atoms with van der Waals surface area (Å²) in [5, 5.41) is 4.13. The van der Waals surface area contributed by atoms with Crippen molar-refractivity contribution in [3.05, 3.63) is 17.0 Å². The van der Waals surface area contributed by atoms with Crippen LogP contribution < -0.4 is 0 Å². The van der Waals surface area contributed by atoms with Crippen molar-refractivity contribution in [1.82, 2.24) is 9.78 Å². The molecule has 1 heterocycles. The van der Waals surface area contributed by atoms with Gasteiger partial charge in [-0.05, 0) is 39.0 Å². The van der Waals surface area contributed by atoms with E-state index in [1.165, 1.54) is 12.8 Å². The fraction of sp³-hybridized carbons (Fsp3) is 0.750. The quantitative estimate of drug-likeness (QED) is 0.755. The number of alkyl halides is 2. The Kier molecular flexibility index (Phi) is 2.10. The fourth-order valence-corrected chi connectivity index (χ4v) is 3.13. The Labute approximate surface area is 93.6 Å². The largest absolute Gasteiger partial charge is 0.282 e. The maximum atomic E-state index is 12.9. The Balaban J connectivity index is 2.14. The lowest BCUT2D eigenvalue weighted by Crippen LogP contribution is -2.32. The summed E-state index contributed by atoms with van der Waals surface area (Å²) in [6.07, 6.45) is 0.742. The van der Waals surface area contributed by atoms with E-state index >= 15 is 0 Å². The van der Waals surface area contributed by atoms with Gasteiger partial charge in [-0.15, -0.1) is 0 Å². The first kappa shape index (κ1) is 10.2. The van der Waals surface area contributed by atoms with E-state index in [1.54, 1.807) is 0 Å². The first-order valence-electron chi connectivity index (χ1n) is 5.97. The van der Waals surface area contributed by atoms with Crippen molar-refractivity contribution in [2.45, 2.75) is 51.5 Å². The van der Waals surface area contributed by atoms with Crippen molar-refractivity contribution in [2.75, 3.05) is 0 Å². The lowest BCUT2D eigenvalue weighted by molar-refractivity contribution is 0.142. The van der Waals surface area contributed by atoms with Gasteiger partial charge in [0.05, 0.1) is 0 Å². The van der Waals surface area contributed by atoms with Gasteiger partial charge >= 0.3 is 0 Å². The van der Waals surface area contributed by atoms with E-state index in [0.717, 1.165) is 17.7 Å². The predicted octanol–water partition coefficient (Wildman–Crippen LogP) is 3.45. The molecule has 0 atom stereocenters. The van der Waals surface area contributed by atoms with Gasteiger partial charge in [-0.1, -0.05) is 0 Å². The second-order valence-corrected chi connectivity index (χ2v) is 5.33. The first-order chi connectivity index (χ1) is 7.58. The molecular formula is C12H16F2N2. The second-order valence-electron chi connectivity index (χ2n) is 5.33. The number of hydrogen-bond acceptors (Lipinski definition) is 1. The molecule has 1 saturated carbocycles. The Bertz CT molecular complexity index is 417. The van der Waals surface area contributed by atoms with Gasteiger partial charge in [0.25, 0.3) is 6.43 Å². The summed E-state index contributed by atoms with van der Waals surface area (Å²) >= 11 is 0. The van der Waals surface area contributed by atoms with Gasteiger partial charge in [0, 0.05) is 23.2 Å². The zero-order valence-corrected chi connectivity index (χ0v) is 9.58. The molecule has 0 radical (unpaired) electrons. The molecule has 2 nitrogen and oxygen atoms in total. The summed E-state index contributed by atoms with van der Waals surface area (Å²) in [5.74, 6) is 1.14. The number of nitrogens with zero attached hydrogens (tertiary/aromatic N) is 2. The molecule has 0 aromatic carbocycles. The highest BCUT2D eigenvalue weighted by molar-refractivity contribution is 5.36. The van der Waals surface area contributed by atoms with E-state index in [-0.39, 0.29) is 11.7 Å². The maximum absolute atomic E-state index is 12.9. The lowest BCUT2D eigenvalue weighted by Gasteiger charge is -2.41. The molecule has 16 heavy (non-hydrogen) atoms. The minimum absolute atomic E-state index is 0.0399.